The Hall–Kier alpha value is -2.80. The summed E-state index contributed by atoms with van der Waals surface area (Å²) in [6.07, 6.45) is 1.37. The number of rotatable bonds is 4. The number of nitrogens with two attached hydrogens (primary N) is 1. The zero-order valence-electron chi connectivity index (χ0n) is 11.7. The predicted molar refractivity (Wildman–Crippen MR) is 84.4 cm³/mol. The van der Waals surface area contributed by atoms with E-state index in [9.17, 15) is 0 Å². The van der Waals surface area contributed by atoms with Crippen molar-refractivity contribution in [1.82, 2.24) is 9.55 Å². The summed E-state index contributed by atoms with van der Waals surface area (Å²) in [4.78, 5) is 4.73. The summed E-state index contributed by atoms with van der Waals surface area (Å²) < 4.78 is 2.18. The molecule has 4 heteroatoms. The molecule has 0 saturated carbocycles. The van der Waals surface area contributed by atoms with Gasteiger partial charge >= 0.3 is 0 Å². The van der Waals surface area contributed by atoms with Crippen LogP contribution in [0.25, 0.3) is 22.4 Å². The highest BCUT2D eigenvalue weighted by molar-refractivity contribution is 5.80. The average Bonchev–Trinajstić information content (AvgIpc) is 2.87. The Labute approximate surface area is 123 Å². The maximum absolute atomic E-state index is 8.74. The number of anilines is 1. The van der Waals surface area contributed by atoms with Crippen molar-refractivity contribution in [3.8, 4) is 17.5 Å². The van der Waals surface area contributed by atoms with Crippen LogP contribution in [0, 0.1) is 11.3 Å². The van der Waals surface area contributed by atoms with Gasteiger partial charge in [0.25, 0.3) is 0 Å². The standard InChI is InChI=1S/C17H16N4/c18-11-3-4-12-21-16-6-2-1-5-15(16)20-17(21)13-7-9-14(19)10-8-13/h1-2,5-10H,3-4,12,19H2. The smallest absolute Gasteiger partial charge is 0.141 e. The Morgan fingerprint density at radius 1 is 1.10 bits per heavy atom. The lowest BCUT2D eigenvalue weighted by atomic mass is 10.2. The van der Waals surface area contributed by atoms with Gasteiger partial charge in [-0.2, -0.15) is 5.26 Å². The van der Waals surface area contributed by atoms with Gasteiger partial charge in [-0.3, -0.25) is 0 Å². The Kier molecular flexibility index (Phi) is 3.57. The van der Waals surface area contributed by atoms with Crippen LogP contribution in [-0.4, -0.2) is 9.55 Å². The zero-order valence-corrected chi connectivity index (χ0v) is 11.7. The maximum Gasteiger partial charge on any atom is 0.141 e. The van der Waals surface area contributed by atoms with E-state index >= 15 is 0 Å². The van der Waals surface area contributed by atoms with E-state index in [0.717, 1.165) is 41.1 Å². The number of imidazole rings is 1. The van der Waals surface area contributed by atoms with Gasteiger partial charge in [0.2, 0.25) is 0 Å². The monoisotopic (exact) mass is 276 g/mol. The first kappa shape index (κ1) is 13.2. The number of para-hydroxylation sites is 2. The number of aromatic nitrogens is 2. The second-order valence-electron chi connectivity index (χ2n) is 4.96. The topological polar surface area (TPSA) is 67.6 Å². The van der Waals surface area contributed by atoms with Gasteiger partial charge in [0.1, 0.15) is 5.82 Å². The van der Waals surface area contributed by atoms with Gasteiger partial charge in [-0.15, -0.1) is 0 Å². The SMILES string of the molecule is N#CCCCn1c(-c2ccc(N)cc2)nc2ccccc21. The highest BCUT2D eigenvalue weighted by Gasteiger charge is 2.11. The summed E-state index contributed by atoms with van der Waals surface area (Å²) in [7, 11) is 0. The molecule has 0 unspecified atom stereocenters. The highest BCUT2D eigenvalue weighted by Crippen LogP contribution is 2.25. The van der Waals surface area contributed by atoms with Crippen molar-refractivity contribution >= 4 is 16.7 Å². The molecule has 0 saturated heterocycles. The van der Waals surface area contributed by atoms with Crippen molar-refractivity contribution in [2.45, 2.75) is 19.4 Å². The second kappa shape index (κ2) is 5.68. The molecule has 3 rings (SSSR count). The molecule has 0 radical (unpaired) electrons. The van der Waals surface area contributed by atoms with E-state index in [2.05, 4.69) is 16.7 Å². The number of fused-ring (bicyclic) bond motifs is 1. The molecule has 0 amide bonds. The summed E-state index contributed by atoms with van der Waals surface area (Å²) in [5.41, 5.74) is 9.61. The number of hydrogen-bond donors (Lipinski definition) is 1. The van der Waals surface area contributed by atoms with Crippen LogP contribution in [0.1, 0.15) is 12.8 Å². The second-order valence-corrected chi connectivity index (χ2v) is 4.96. The third-order valence-corrected chi connectivity index (χ3v) is 3.49. The molecule has 1 aromatic heterocycles. The van der Waals surface area contributed by atoms with Crippen molar-refractivity contribution in [3.63, 3.8) is 0 Å². The van der Waals surface area contributed by atoms with Gasteiger partial charge in [-0.25, -0.2) is 4.98 Å². The molecule has 0 aliphatic heterocycles. The maximum atomic E-state index is 8.74. The Morgan fingerprint density at radius 3 is 2.62 bits per heavy atom. The van der Waals surface area contributed by atoms with Crippen LogP contribution in [0.5, 0.6) is 0 Å². The van der Waals surface area contributed by atoms with Crippen LogP contribution in [0.4, 0.5) is 5.69 Å². The van der Waals surface area contributed by atoms with Crippen LogP contribution in [0.3, 0.4) is 0 Å². The minimum absolute atomic E-state index is 0.549. The first-order chi connectivity index (χ1) is 10.3. The van der Waals surface area contributed by atoms with E-state index in [-0.39, 0.29) is 0 Å². The largest absolute Gasteiger partial charge is 0.399 e. The first-order valence-electron chi connectivity index (χ1n) is 6.98. The van der Waals surface area contributed by atoms with E-state index in [1.807, 2.05) is 42.5 Å². The van der Waals surface area contributed by atoms with Gasteiger partial charge < -0.3 is 10.3 Å². The molecule has 2 aromatic carbocycles. The number of nitrogens with zero attached hydrogens (tertiary/aromatic N) is 3. The van der Waals surface area contributed by atoms with E-state index in [0.29, 0.717) is 6.42 Å². The van der Waals surface area contributed by atoms with E-state index < -0.39 is 0 Å². The molecule has 3 aromatic rings. The molecule has 0 atom stereocenters. The first-order valence-corrected chi connectivity index (χ1v) is 6.98. The number of nitrogen functional groups attached to an aromatic ring is 1. The number of unbranched alkanes of at least 4 members (excludes halogenated alkanes) is 1. The van der Waals surface area contributed by atoms with Gasteiger partial charge in [-0.1, -0.05) is 12.1 Å². The quantitative estimate of drug-likeness (QED) is 0.585. The van der Waals surface area contributed by atoms with Crippen molar-refractivity contribution < 1.29 is 0 Å². The van der Waals surface area contributed by atoms with Gasteiger partial charge in [0, 0.05) is 24.2 Å². The van der Waals surface area contributed by atoms with Crippen molar-refractivity contribution in [3.05, 3.63) is 48.5 Å². The predicted octanol–water partition coefficient (Wildman–Crippen LogP) is 3.59. The van der Waals surface area contributed by atoms with Crippen LogP contribution in [0.2, 0.25) is 0 Å². The van der Waals surface area contributed by atoms with E-state index in [4.69, 9.17) is 16.0 Å². The van der Waals surface area contributed by atoms with Crippen LogP contribution in [-0.2, 0) is 6.54 Å². The molecular weight excluding hydrogens is 260 g/mol. The Morgan fingerprint density at radius 2 is 1.86 bits per heavy atom. The van der Waals surface area contributed by atoms with E-state index in [1.54, 1.807) is 0 Å². The van der Waals surface area contributed by atoms with Crippen molar-refractivity contribution in [2.75, 3.05) is 5.73 Å². The fourth-order valence-corrected chi connectivity index (χ4v) is 2.47. The van der Waals surface area contributed by atoms with Gasteiger partial charge in [-0.05, 0) is 42.8 Å². The van der Waals surface area contributed by atoms with Crippen LogP contribution >= 0.6 is 0 Å². The highest BCUT2D eigenvalue weighted by atomic mass is 15.1. The molecule has 21 heavy (non-hydrogen) atoms. The summed E-state index contributed by atoms with van der Waals surface area (Å²) in [5.74, 6) is 0.925. The molecule has 1 heterocycles. The van der Waals surface area contributed by atoms with Crippen LogP contribution < -0.4 is 5.73 Å². The number of nitriles is 1. The third kappa shape index (κ3) is 2.59. The molecule has 0 spiro atoms. The molecule has 0 aliphatic carbocycles. The summed E-state index contributed by atoms with van der Waals surface area (Å²) in [6, 6.07) is 18.0. The minimum Gasteiger partial charge on any atom is -0.399 e. The summed E-state index contributed by atoms with van der Waals surface area (Å²) in [6.45, 7) is 0.785. The van der Waals surface area contributed by atoms with Crippen LogP contribution in [0.15, 0.2) is 48.5 Å². The Bertz CT molecular complexity index is 794. The fraction of sp³-hybridized carbons (Fsp3) is 0.176. The third-order valence-electron chi connectivity index (χ3n) is 3.49. The van der Waals surface area contributed by atoms with Gasteiger partial charge in [0.15, 0.2) is 0 Å². The lowest BCUT2D eigenvalue weighted by molar-refractivity contribution is 0.675. The Balaban J connectivity index is 2.09. The van der Waals surface area contributed by atoms with Gasteiger partial charge in [0.05, 0.1) is 17.1 Å². The molecule has 104 valence electrons. The molecule has 4 nitrogen and oxygen atoms in total. The lowest BCUT2D eigenvalue weighted by Gasteiger charge is -2.08. The molecule has 0 bridgehead atoms. The lowest BCUT2D eigenvalue weighted by Crippen LogP contribution is -2.00. The summed E-state index contributed by atoms with van der Waals surface area (Å²) >= 11 is 0. The van der Waals surface area contributed by atoms with Crippen molar-refractivity contribution in [1.29, 1.82) is 5.26 Å². The minimum atomic E-state index is 0.549. The number of aryl methyl sites for hydroxylation is 1. The molecular formula is C17H16N4. The molecule has 0 fully saturated rings. The zero-order chi connectivity index (χ0) is 14.7. The average molecular weight is 276 g/mol. The molecule has 2 N–H and O–H groups in total. The number of benzene rings is 2. The fourth-order valence-electron chi connectivity index (χ4n) is 2.47. The molecule has 0 aliphatic rings. The number of hydrogen-bond acceptors (Lipinski definition) is 3. The van der Waals surface area contributed by atoms with E-state index in [1.165, 1.54) is 0 Å². The normalized spacial score (nSPS) is 10.6. The summed E-state index contributed by atoms with van der Waals surface area (Å²) in [5, 5.41) is 8.74. The van der Waals surface area contributed by atoms with Crippen molar-refractivity contribution in [2.24, 2.45) is 0 Å².